The summed E-state index contributed by atoms with van der Waals surface area (Å²) in [5.74, 6) is -0.806. The van der Waals surface area contributed by atoms with Crippen LogP contribution in [-0.2, 0) is 22.7 Å². The lowest BCUT2D eigenvalue weighted by Gasteiger charge is -2.25. The highest BCUT2D eigenvalue weighted by Crippen LogP contribution is 2.37. The zero-order valence-corrected chi connectivity index (χ0v) is 18.3. The molecule has 5 rings (SSSR count). The number of carbonyl (C=O) groups excluding carboxylic acids is 3. The second-order valence-electron chi connectivity index (χ2n) is 8.44. The number of phenols is 1. The van der Waals surface area contributed by atoms with Gasteiger partial charge in [-0.1, -0.05) is 24.3 Å². The van der Waals surface area contributed by atoms with Gasteiger partial charge in [-0.15, -0.1) is 0 Å². The van der Waals surface area contributed by atoms with Gasteiger partial charge >= 0.3 is 0 Å². The van der Waals surface area contributed by atoms with E-state index in [-0.39, 0.29) is 29.7 Å². The van der Waals surface area contributed by atoms with E-state index in [1.54, 1.807) is 11.0 Å². The van der Waals surface area contributed by atoms with Crippen molar-refractivity contribution in [2.24, 2.45) is 0 Å². The maximum absolute atomic E-state index is 13.6. The third-order valence-electron chi connectivity index (χ3n) is 6.36. The molecule has 3 N–H and O–H groups in total. The number of hydrogen-bond acceptors (Lipinski definition) is 5. The molecule has 0 saturated carbocycles. The van der Waals surface area contributed by atoms with Crippen LogP contribution in [-0.4, -0.2) is 55.9 Å². The van der Waals surface area contributed by atoms with Gasteiger partial charge in [0.25, 0.3) is 5.91 Å². The van der Waals surface area contributed by atoms with Crippen LogP contribution < -0.4 is 5.32 Å². The monoisotopic (exact) mass is 447 g/mol. The zero-order valence-electron chi connectivity index (χ0n) is 18.3. The molecule has 0 radical (unpaired) electrons. The molecule has 9 nitrogen and oxygen atoms in total. The number of amides is 3. The summed E-state index contributed by atoms with van der Waals surface area (Å²) >= 11 is 0. The Labute approximate surface area is 190 Å². The Morgan fingerprint density at radius 3 is 2.85 bits per heavy atom. The predicted molar refractivity (Wildman–Crippen MR) is 120 cm³/mol. The number of carbonyl (C=O) groups is 3. The van der Waals surface area contributed by atoms with Crippen LogP contribution in [0, 0.1) is 0 Å². The average Bonchev–Trinajstić information content (AvgIpc) is 3.50. The van der Waals surface area contributed by atoms with Crippen LogP contribution in [0.15, 0.2) is 36.4 Å². The number of benzene rings is 2. The lowest BCUT2D eigenvalue weighted by molar-refractivity contribution is -0.128. The molecule has 2 aliphatic rings. The normalized spacial score (nSPS) is 17.6. The van der Waals surface area contributed by atoms with Crippen molar-refractivity contribution in [1.29, 1.82) is 0 Å². The third-order valence-corrected chi connectivity index (χ3v) is 6.36. The molecule has 0 bridgehead atoms. The summed E-state index contributed by atoms with van der Waals surface area (Å²) in [6.45, 7) is 3.60. The molecule has 1 atom stereocenters. The van der Waals surface area contributed by atoms with E-state index in [1.165, 1.54) is 11.0 Å². The van der Waals surface area contributed by atoms with Crippen molar-refractivity contribution in [3.05, 3.63) is 58.8 Å². The minimum atomic E-state index is -0.769. The topological polar surface area (TPSA) is 119 Å². The summed E-state index contributed by atoms with van der Waals surface area (Å²) < 4.78 is 0. The van der Waals surface area contributed by atoms with Gasteiger partial charge in [-0.05, 0) is 30.5 Å². The van der Waals surface area contributed by atoms with Crippen LogP contribution in [0.1, 0.15) is 53.0 Å². The molecule has 2 aliphatic heterocycles. The van der Waals surface area contributed by atoms with Crippen molar-refractivity contribution >= 4 is 28.6 Å². The lowest BCUT2D eigenvalue weighted by Crippen LogP contribution is -2.39. The minimum Gasteiger partial charge on any atom is -0.507 e. The second kappa shape index (κ2) is 8.23. The van der Waals surface area contributed by atoms with Crippen LogP contribution in [0.25, 0.3) is 10.9 Å². The Kier molecular flexibility index (Phi) is 5.24. The fourth-order valence-electron chi connectivity index (χ4n) is 4.74. The van der Waals surface area contributed by atoms with Crippen LogP contribution in [0.5, 0.6) is 5.75 Å². The molecule has 2 aromatic carbocycles. The van der Waals surface area contributed by atoms with Gasteiger partial charge in [0.05, 0.1) is 23.3 Å². The number of nitrogens with zero attached hydrogens (tertiary/aromatic N) is 3. The number of nitrogens with one attached hydrogen (secondary N) is 2. The highest BCUT2D eigenvalue weighted by molar-refractivity contribution is 6.04. The zero-order chi connectivity index (χ0) is 23.1. The van der Waals surface area contributed by atoms with E-state index in [1.807, 2.05) is 31.2 Å². The lowest BCUT2D eigenvalue weighted by atomic mass is 10.0. The van der Waals surface area contributed by atoms with Crippen molar-refractivity contribution in [3.8, 4) is 5.75 Å². The standard InChI is InChI=1S/C24H25N5O4/c1-2-25-23(32)22-15-7-4-3-6-14(15)12-29(22)24(33)17-10-16-18(11-20(17)30)26-27-19(16)13-28-9-5-8-21(28)31/h3-4,6-7,10-11,22,30H,2,5,8-9,12-13H2,1H3,(H,25,32)(H,26,27). The Morgan fingerprint density at radius 2 is 2.09 bits per heavy atom. The first kappa shape index (κ1) is 21.0. The van der Waals surface area contributed by atoms with Crippen LogP contribution in [0.3, 0.4) is 0 Å². The quantitative estimate of drug-likeness (QED) is 0.554. The first-order valence-corrected chi connectivity index (χ1v) is 11.1. The molecule has 1 aromatic heterocycles. The highest BCUT2D eigenvalue weighted by Gasteiger charge is 2.39. The van der Waals surface area contributed by atoms with E-state index in [0.29, 0.717) is 42.7 Å². The predicted octanol–water partition coefficient (Wildman–Crippen LogP) is 2.22. The van der Waals surface area contributed by atoms with E-state index in [4.69, 9.17) is 0 Å². The van der Waals surface area contributed by atoms with Gasteiger partial charge in [-0.25, -0.2) is 0 Å². The molecule has 3 amide bonds. The molecule has 0 aliphatic carbocycles. The maximum Gasteiger partial charge on any atom is 0.258 e. The second-order valence-corrected chi connectivity index (χ2v) is 8.44. The SMILES string of the molecule is CCNC(=O)C1c2ccccc2CN1C(=O)c1cc2c(CN3CCCC3=O)[nH]nc2cc1O. The number of rotatable bonds is 5. The maximum atomic E-state index is 13.6. The van der Waals surface area contributed by atoms with Crippen LogP contribution >= 0.6 is 0 Å². The van der Waals surface area contributed by atoms with Gasteiger partial charge in [0.15, 0.2) is 0 Å². The first-order chi connectivity index (χ1) is 16.0. The number of aromatic nitrogens is 2. The highest BCUT2D eigenvalue weighted by atomic mass is 16.3. The van der Waals surface area contributed by atoms with Gasteiger partial charge in [0, 0.05) is 37.5 Å². The molecular weight excluding hydrogens is 422 g/mol. The van der Waals surface area contributed by atoms with Crippen molar-refractivity contribution in [1.82, 2.24) is 25.3 Å². The number of hydrogen-bond donors (Lipinski definition) is 3. The van der Waals surface area contributed by atoms with Crippen molar-refractivity contribution < 1.29 is 19.5 Å². The Balaban J connectivity index is 1.51. The molecule has 0 spiro atoms. The number of fused-ring (bicyclic) bond motifs is 2. The fraction of sp³-hybridized carbons (Fsp3) is 0.333. The smallest absolute Gasteiger partial charge is 0.258 e. The molecule has 33 heavy (non-hydrogen) atoms. The summed E-state index contributed by atoms with van der Waals surface area (Å²) in [5.41, 5.74) is 3.00. The first-order valence-electron chi connectivity index (χ1n) is 11.1. The van der Waals surface area contributed by atoms with Gasteiger partial charge in [-0.2, -0.15) is 5.10 Å². The van der Waals surface area contributed by atoms with E-state index < -0.39 is 11.9 Å². The molecule has 9 heteroatoms. The third kappa shape index (κ3) is 3.59. The molecule has 1 fully saturated rings. The van der Waals surface area contributed by atoms with E-state index in [0.717, 1.165) is 17.5 Å². The molecular formula is C24H25N5O4. The molecule has 170 valence electrons. The Bertz CT molecular complexity index is 1270. The van der Waals surface area contributed by atoms with Gasteiger partial charge in [0.1, 0.15) is 11.8 Å². The minimum absolute atomic E-state index is 0.0902. The van der Waals surface area contributed by atoms with Gasteiger partial charge in [0.2, 0.25) is 11.8 Å². The van der Waals surface area contributed by atoms with Crippen molar-refractivity contribution in [2.45, 2.75) is 38.9 Å². The largest absolute Gasteiger partial charge is 0.507 e. The van der Waals surface area contributed by atoms with Gasteiger partial charge in [-0.3, -0.25) is 19.5 Å². The fourth-order valence-corrected chi connectivity index (χ4v) is 4.74. The number of H-pyrrole nitrogens is 1. The van der Waals surface area contributed by atoms with Crippen molar-refractivity contribution in [3.63, 3.8) is 0 Å². The summed E-state index contributed by atoms with van der Waals surface area (Å²) in [5, 5.41) is 21.3. The van der Waals surface area contributed by atoms with Gasteiger partial charge < -0.3 is 20.2 Å². The van der Waals surface area contributed by atoms with E-state index >= 15 is 0 Å². The Hall–Kier alpha value is -3.88. The summed E-state index contributed by atoms with van der Waals surface area (Å²) in [4.78, 5) is 41.8. The summed E-state index contributed by atoms with van der Waals surface area (Å²) in [6, 6.07) is 9.76. The number of phenolic OH excluding ortho intramolecular Hbond substituents is 1. The molecule has 3 aromatic rings. The van der Waals surface area contributed by atoms with Crippen molar-refractivity contribution in [2.75, 3.05) is 13.1 Å². The van der Waals surface area contributed by atoms with Crippen LogP contribution in [0.4, 0.5) is 0 Å². The Morgan fingerprint density at radius 1 is 1.27 bits per heavy atom. The molecule has 1 saturated heterocycles. The number of aromatic hydroxyl groups is 1. The number of aromatic amines is 1. The number of likely N-dealkylation sites (tertiary alicyclic amines) is 1. The summed E-state index contributed by atoms with van der Waals surface area (Å²) in [7, 11) is 0. The summed E-state index contributed by atoms with van der Waals surface area (Å²) in [6.07, 6.45) is 1.36. The van der Waals surface area contributed by atoms with E-state index in [2.05, 4.69) is 15.5 Å². The van der Waals surface area contributed by atoms with Crippen LogP contribution in [0.2, 0.25) is 0 Å². The molecule has 3 heterocycles. The van der Waals surface area contributed by atoms with E-state index in [9.17, 15) is 19.5 Å². The molecule has 1 unspecified atom stereocenters. The number of likely N-dealkylation sites (N-methyl/N-ethyl adjacent to an activating group) is 1. The average molecular weight is 447 g/mol.